The van der Waals surface area contributed by atoms with Gasteiger partial charge in [0.05, 0.1) is 36.3 Å². The van der Waals surface area contributed by atoms with Gasteiger partial charge in [0.25, 0.3) is 10.0 Å². The van der Waals surface area contributed by atoms with E-state index in [1.54, 1.807) is 0 Å². The number of sulfone groups is 1. The Balaban J connectivity index is 1.51. The Morgan fingerprint density at radius 1 is 0.944 bits per heavy atom. The van der Waals surface area contributed by atoms with E-state index in [1.165, 1.54) is 18.3 Å². The molecule has 194 valence electrons. The Labute approximate surface area is 214 Å². The third-order valence-corrected chi connectivity index (χ3v) is 10.1. The zero-order valence-corrected chi connectivity index (χ0v) is 21.3. The van der Waals surface area contributed by atoms with Crippen LogP contribution >= 0.6 is 23.2 Å². The van der Waals surface area contributed by atoms with Crippen LogP contribution in [-0.2, 0) is 24.7 Å². The van der Waals surface area contributed by atoms with Crippen molar-refractivity contribution in [1.29, 1.82) is 0 Å². The van der Waals surface area contributed by atoms with Gasteiger partial charge in [0.15, 0.2) is 9.84 Å². The van der Waals surface area contributed by atoms with Gasteiger partial charge < -0.3 is 9.88 Å². The summed E-state index contributed by atoms with van der Waals surface area (Å²) in [5, 5.41) is 0.0554. The number of sulfonamides is 1. The zero-order chi connectivity index (χ0) is 26.5. The molecule has 15 heteroatoms. The van der Waals surface area contributed by atoms with Crippen LogP contribution in [0, 0.1) is 0 Å². The molecule has 0 atom stereocenters. The number of nitrogens with one attached hydrogen (secondary N) is 2. The van der Waals surface area contributed by atoms with Crippen molar-refractivity contribution < 1.29 is 34.8 Å². The van der Waals surface area contributed by atoms with Gasteiger partial charge in [-0.05, 0) is 49.2 Å². The minimum absolute atomic E-state index is 0.170. The van der Waals surface area contributed by atoms with E-state index >= 15 is 0 Å². The summed E-state index contributed by atoms with van der Waals surface area (Å²) in [5.41, 5.74) is 0.545. The highest BCUT2D eigenvalue weighted by atomic mass is 35.5. The summed E-state index contributed by atoms with van der Waals surface area (Å²) in [6, 6.07) is 7.41. The molecule has 2 N–H and O–H groups in total. The van der Waals surface area contributed by atoms with Crippen LogP contribution in [0.5, 0.6) is 0 Å². The van der Waals surface area contributed by atoms with E-state index in [1.807, 2.05) is 0 Å². The van der Waals surface area contributed by atoms with E-state index in [2.05, 4.69) is 9.71 Å². The van der Waals surface area contributed by atoms with Crippen LogP contribution in [0.3, 0.4) is 0 Å². The second kappa shape index (κ2) is 9.43. The summed E-state index contributed by atoms with van der Waals surface area (Å²) in [6.07, 6.45) is -3.90. The minimum Gasteiger partial charge on any atom is -0.358 e. The average molecular weight is 584 g/mol. The number of piperidine rings is 1. The molecule has 1 aliphatic rings. The van der Waals surface area contributed by atoms with Crippen LogP contribution in [0.2, 0.25) is 10.0 Å². The van der Waals surface area contributed by atoms with Crippen LogP contribution < -0.4 is 4.72 Å². The van der Waals surface area contributed by atoms with Gasteiger partial charge in [-0.1, -0.05) is 23.2 Å². The molecule has 36 heavy (non-hydrogen) atoms. The van der Waals surface area contributed by atoms with Crippen molar-refractivity contribution in [2.45, 2.75) is 34.1 Å². The molecule has 2 aromatic carbocycles. The molecule has 2 heterocycles. The maximum absolute atomic E-state index is 13.0. The lowest BCUT2D eigenvalue weighted by atomic mass is 10.1. The van der Waals surface area contributed by atoms with Crippen molar-refractivity contribution in [2.24, 2.45) is 0 Å². The highest BCUT2D eigenvalue weighted by molar-refractivity contribution is 7.93. The monoisotopic (exact) mass is 583 g/mol. The first-order valence-electron chi connectivity index (χ1n) is 10.4. The number of fused-ring (bicyclic) bond motifs is 1. The molecule has 0 spiro atoms. The van der Waals surface area contributed by atoms with Crippen molar-refractivity contribution in [3.05, 3.63) is 52.6 Å². The molecule has 4 rings (SSSR count). The molecule has 1 aromatic heterocycles. The van der Waals surface area contributed by atoms with Crippen molar-refractivity contribution in [3.63, 3.8) is 0 Å². The number of amides is 1. The van der Waals surface area contributed by atoms with Gasteiger partial charge in [-0.15, -0.1) is 0 Å². The quantitative estimate of drug-likeness (QED) is 0.455. The molecule has 1 saturated heterocycles. The molecule has 1 aliphatic heterocycles. The number of alkyl halides is 3. The van der Waals surface area contributed by atoms with Gasteiger partial charge in [0, 0.05) is 24.7 Å². The smallest absolute Gasteiger partial charge is 0.358 e. The topological polar surface area (TPSA) is 116 Å². The molecule has 0 aliphatic carbocycles. The number of aromatic nitrogens is 1. The first-order chi connectivity index (χ1) is 16.7. The molecular formula is C21H18Cl2F3N3O5S2. The molecule has 0 saturated carbocycles. The number of rotatable bonds is 5. The first-order valence-corrected chi connectivity index (χ1v) is 14.2. The number of nitrogens with zero attached hydrogens (tertiary/aromatic N) is 1. The lowest BCUT2D eigenvalue weighted by molar-refractivity contribution is -0.186. The van der Waals surface area contributed by atoms with E-state index in [0.717, 1.165) is 24.3 Å². The van der Waals surface area contributed by atoms with E-state index < -0.39 is 37.2 Å². The lowest BCUT2D eigenvalue weighted by Gasteiger charge is -2.32. The van der Waals surface area contributed by atoms with Crippen molar-refractivity contribution >= 4 is 65.6 Å². The molecule has 1 amide bonds. The fourth-order valence-corrected chi connectivity index (χ4v) is 7.37. The second-order valence-corrected chi connectivity index (χ2v) is 12.8. The Morgan fingerprint density at radius 3 is 2.11 bits per heavy atom. The number of carbonyl (C=O) groups is 1. The number of hydrogen-bond donors (Lipinski definition) is 2. The highest BCUT2D eigenvalue weighted by Gasteiger charge is 2.44. The summed E-state index contributed by atoms with van der Waals surface area (Å²) in [7, 11) is -8.10. The van der Waals surface area contributed by atoms with E-state index in [4.69, 9.17) is 23.2 Å². The SMILES string of the molecule is O=C(N1CCC(S(=O)(=O)c2ccc(S(=O)(=O)Nc3ccc(Cl)c4c(Cl)c[nH]c34)cc2)CC1)C(F)(F)F. The molecule has 3 aromatic rings. The Morgan fingerprint density at radius 2 is 1.53 bits per heavy atom. The molecule has 0 bridgehead atoms. The number of carbonyl (C=O) groups excluding carboxylic acids is 1. The first kappa shape index (κ1) is 26.6. The Bertz CT molecular complexity index is 1530. The summed E-state index contributed by atoms with van der Waals surface area (Å²) >= 11 is 12.2. The van der Waals surface area contributed by atoms with E-state index in [0.29, 0.717) is 25.8 Å². The number of benzene rings is 2. The van der Waals surface area contributed by atoms with Crippen molar-refractivity contribution in [3.8, 4) is 0 Å². The van der Waals surface area contributed by atoms with Crippen molar-refractivity contribution in [1.82, 2.24) is 9.88 Å². The molecule has 8 nitrogen and oxygen atoms in total. The van der Waals surface area contributed by atoms with Crippen LogP contribution in [0.1, 0.15) is 12.8 Å². The maximum Gasteiger partial charge on any atom is 0.471 e. The normalized spacial score (nSPS) is 15.9. The van der Waals surface area contributed by atoms with Gasteiger partial charge in [-0.25, -0.2) is 16.8 Å². The van der Waals surface area contributed by atoms with Gasteiger partial charge in [0.2, 0.25) is 0 Å². The van der Waals surface area contributed by atoms with Crippen LogP contribution in [0.15, 0.2) is 52.4 Å². The largest absolute Gasteiger partial charge is 0.471 e. The van der Waals surface area contributed by atoms with Gasteiger partial charge in [0.1, 0.15) is 0 Å². The number of anilines is 1. The molecular weight excluding hydrogens is 566 g/mol. The van der Waals surface area contributed by atoms with Crippen molar-refractivity contribution in [2.75, 3.05) is 17.8 Å². The number of hydrogen-bond acceptors (Lipinski definition) is 5. The van der Waals surface area contributed by atoms with Gasteiger partial charge >= 0.3 is 12.1 Å². The minimum atomic E-state index is -5.02. The van der Waals surface area contributed by atoms with Crippen LogP contribution in [0.4, 0.5) is 18.9 Å². The third kappa shape index (κ3) is 5.01. The molecule has 0 radical (unpaired) electrons. The standard InChI is InChI=1S/C21H18Cl2F3N3O5S2/c22-15-5-6-17(19-18(15)16(23)11-27-19)28-36(33,34)14-3-1-12(2-4-14)35(31,32)13-7-9-29(10-8-13)20(30)21(24,25)26/h1-6,11,13,27-28H,7-10H2. The maximum atomic E-state index is 13.0. The number of likely N-dealkylation sites (tertiary alicyclic amines) is 1. The Hall–Kier alpha value is -2.48. The average Bonchev–Trinajstić information content (AvgIpc) is 3.22. The van der Waals surface area contributed by atoms with E-state index in [9.17, 15) is 34.8 Å². The second-order valence-electron chi connectivity index (χ2n) is 8.09. The summed E-state index contributed by atoms with van der Waals surface area (Å²) in [4.78, 5) is 14.4. The predicted molar refractivity (Wildman–Crippen MR) is 128 cm³/mol. The summed E-state index contributed by atoms with van der Waals surface area (Å²) in [6.45, 7) is -0.701. The fourth-order valence-electron chi connectivity index (χ4n) is 4.01. The molecule has 1 fully saturated rings. The summed E-state index contributed by atoms with van der Waals surface area (Å²) < 4.78 is 92.0. The van der Waals surface area contributed by atoms with Crippen LogP contribution in [0.25, 0.3) is 10.9 Å². The number of aromatic amines is 1. The predicted octanol–water partition coefficient (Wildman–Crippen LogP) is 4.60. The molecule has 0 unspecified atom stereocenters. The summed E-state index contributed by atoms with van der Waals surface area (Å²) in [5.74, 6) is -2.00. The fraction of sp³-hybridized carbons (Fsp3) is 0.286. The van der Waals surface area contributed by atoms with Crippen LogP contribution in [-0.4, -0.2) is 57.1 Å². The number of halogens is 5. The number of H-pyrrole nitrogens is 1. The van der Waals surface area contributed by atoms with Gasteiger partial charge in [-0.3, -0.25) is 9.52 Å². The van der Waals surface area contributed by atoms with Gasteiger partial charge in [-0.2, -0.15) is 13.2 Å². The Kier molecular flexibility index (Phi) is 6.97. The third-order valence-electron chi connectivity index (χ3n) is 5.85. The zero-order valence-electron chi connectivity index (χ0n) is 18.1. The highest BCUT2D eigenvalue weighted by Crippen LogP contribution is 2.35. The lowest BCUT2D eigenvalue weighted by Crippen LogP contribution is -2.47. The van der Waals surface area contributed by atoms with E-state index in [-0.39, 0.29) is 41.4 Å².